The first-order valence-corrected chi connectivity index (χ1v) is 17.9. The van der Waals surface area contributed by atoms with Gasteiger partial charge in [-0.2, -0.15) is 15.2 Å². The SMILES string of the molecule is CC(C)[C@H](N)C(=O)N[C@@H](C)C(=O)Nc1ccc(C(=O)NCCC[C@@H](C)N(C=O)C(=O)c2ccc(NCc3cnc4nc(N)nc(N)c4n3)cc2)c(-c2nn[nH]n2)c1. The monoisotopic (exact) mass is 780 g/mol. The number of aromatic nitrogens is 8. The van der Waals surface area contributed by atoms with Gasteiger partial charge in [0, 0.05) is 35.1 Å². The molecule has 0 unspecified atom stereocenters. The van der Waals surface area contributed by atoms with E-state index in [4.69, 9.17) is 17.2 Å². The van der Waals surface area contributed by atoms with E-state index in [0.29, 0.717) is 59.5 Å². The summed E-state index contributed by atoms with van der Waals surface area (Å²) >= 11 is 0. The van der Waals surface area contributed by atoms with Gasteiger partial charge < -0.3 is 38.5 Å². The van der Waals surface area contributed by atoms with Crippen LogP contribution in [0.25, 0.3) is 22.6 Å². The summed E-state index contributed by atoms with van der Waals surface area (Å²) in [6.45, 7) is 7.40. The number of nitrogens with zero attached hydrogens (tertiary/aromatic N) is 8. The van der Waals surface area contributed by atoms with Gasteiger partial charge in [0.1, 0.15) is 6.04 Å². The summed E-state index contributed by atoms with van der Waals surface area (Å²) in [6.07, 6.45) is 2.87. The number of nitrogens with two attached hydrogens (primary N) is 3. The van der Waals surface area contributed by atoms with Crippen LogP contribution >= 0.6 is 0 Å². The van der Waals surface area contributed by atoms with E-state index < -0.39 is 41.8 Å². The molecule has 11 N–H and O–H groups in total. The standard InChI is InChI=1S/C36H44N16O5/c1-18(2)27(37)34(56)43-20(4)32(54)45-23-11-12-25(26(14-23)30-48-50-51-49-30)33(55)40-13-5-6-19(3)52(17-53)35(57)21-7-9-22(10-8-21)41-15-24-16-42-31-28(44-24)29(38)46-36(39)47-31/h7-12,14,16-20,27,41H,5-6,13,15,37H2,1-4H3,(H,40,55)(H,43,56)(H,45,54)(H,48,49,50,51)(H4,38,39,42,46,47)/t19-,20+,27+/m1/s1. The van der Waals surface area contributed by atoms with Gasteiger partial charge in [-0.05, 0) is 80.3 Å². The molecule has 21 nitrogen and oxygen atoms in total. The highest BCUT2D eigenvalue weighted by Gasteiger charge is 2.24. The number of anilines is 4. The normalized spacial score (nSPS) is 12.7. The van der Waals surface area contributed by atoms with Crippen molar-refractivity contribution in [2.45, 2.75) is 65.2 Å². The number of tetrazole rings is 1. The average molecular weight is 781 g/mol. The number of nitrogen functional groups attached to an aromatic ring is 2. The average Bonchev–Trinajstić information content (AvgIpc) is 3.74. The number of nitrogens with one attached hydrogen (secondary N) is 5. The Morgan fingerprint density at radius 1 is 0.947 bits per heavy atom. The zero-order valence-electron chi connectivity index (χ0n) is 31.7. The van der Waals surface area contributed by atoms with Crippen molar-refractivity contribution in [2.75, 3.05) is 28.6 Å². The van der Waals surface area contributed by atoms with E-state index in [-0.39, 0.29) is 41.3 Å². The molecular weight excluding hydrogens is 737 g/mol. The molecule has 0 aliphatic heterocycles. The molecule has 0 saturated heterocycles. The highest BCUT2D eigenvalue weighted by Crippen LogP contribution is 2.25. The number of carbonyl (C=O) groups excluding carboxylic acids is 5. The number of hydrogen-bond donors (Lipinski definition) is 8. The van der Waals surface area contributed by atoms with Crippen molar-refractivity contribution >= 4 is 64.3 Å². The fourth-order valence-corrected chi connectivity index (χ4v) is 5.54. The predicted octanol–water partition coefficient (Wildman–Crippen LogP) is 1.00. The Labute approximate surface area is 326 Å². The molecular formula is C36H44N16O5. The summed E-state index contributed by atoms with van der Waals surface area (Å²) in [7, 11) is 0. The fourth-order valence-electron chi connectivity index (χ4n) is 5.54. The predicted molar refractivity (Wildman–Crippen MR) is 210 cm³/mol. The maximum Gasteiger partial charge on any atom is 0.260 e. The van der Waals surface area contributed by atoms with Crippen molar-refractivity contribution in [1.29, 1.82) is 0 Å². The lowest BCUT2D eigenvalue weighted by Crippen LogP contribution is -2.50. The highest BCUT2D eigenvalue weighted by atomic mass is 16.2. The van der Waals surface area contributed by atoms with E-state index in [9.17, 15) is 24.0 Å². The van der Waals surface area contributed by atoms with Gasteiger partial charge in [-0.25, -0.2) is 9.97 Å². The number of rotatable bonds is 17. The third-order valence-corrected chi connectivity index (χ3v) is 8.90. The van der Waals surface area contributed by atoms with Crippen molar-refractivity contribution < 1.29 is 24.0 Å². The summed E-state index contributed by atoms with van der Waals surface area (Å²) < 4.78 is 0. The van der Waals surface area contributed by atoms with Gasteiger partial charge in [-0.1, -0.05) is 13.8 Å². The van der Waals surface area contributed by atoms with E-state index in [0.717, 1.165) is 4.90 Å². The molecule has 3 aromatic heterocycles. The molecule has 0 radical (unpaired) electrons. The van der Waals surface area contributed by atoms with E-state index in [1.54, 1.807) is 51.2 Å². The first kappa shape index (κ1) is 41.0. The van der Waals surface area contributed by atoms with E-state index >= 15 is 0 Å². The van der Waals surface area contributed by atoms with Crippen LogP contribution in [0.3, 0.4) is 0 Å². The van der Waals surface area contributed by atoms with Crippen LogP contribution in [-0.4, -0.2) is 100 Å². The molecule has 0 saturated carbocycles. The van der Waals surface area contributed by atoms with E-state index in [1.165, 1.54) is 25.1 Å². The number of carbonyl (C=O) groups is 5. The number of amides is 5. The van der Waals surface area contributed by atoms with Crippen molar-refractivity contribution in [1.82, 2.24) is 56.1 Å². The molecule has 0 bridgehead atoms. The third-order valence-electron chi connectivity index (χ3n) is 8.90. The molecule has 298 valence electrons. The number of fused-ring (bicyclic) bond motifs is 1. The van der Waals surface area contributed by atoms with Gasteiger partial charge in [0.15, 0.2) is 17.0 Å². The van der Waals surface area contributed by atoms with Crippen LogP contribution in [0.5, 0.6) is 0 Å². The maximum absolute atomic E-state index is 13.3. The molecule has 21 heteroatoms. The summed E-state index contributed by atoms with van der Waals surface area (Å²) in [5.74, 6) is -1.74. The first-order chi connectivity index (χ1) is 27.2. The van der Waals surface area contributed by atoms with Crippen LogP contribution in [-0.2, 0) is 20.9 Å². The lowest BCUT2D eigenvalue weighted by Gasteiger charge is -2.23. The molecule has 0 aliphatic rings. The summed E-state index contributed by atoms with van der Waals surface area (Å²) in [5.41, 5.74) is 20.4. The second kappa shape index (κ2) is 18.4. The minimum atomic E-state index is -0.891. The van der Waals surface area contributed by atoms with Gasteiger partial charge in [-0.3, -0.25) is 28.9 Å². The molecule has 2 aromatic carbocycles. The zero-order chi connectivity index (χ0) is 41.2. The molecule has 5 amide bonds. The molecule has 3 heterocycles. The number of hydrogen-bond acceptors (Lipinski definition) is 16. The quantitative estimate of drug-likeness (QED) is 0.0482. The number of imide groups is 1. The van der Waals surface area contributed by atoms with Gasteiger partial charge in [0.25, 0.3) is 11.8 Å². The van der Waals surface area contributed by atoms with Crippen molar-refractivity contribution in [3.05, 3.63) is 65.5 Å². The summed E-state index contributed by atoms with van der Waals surface area (Å²) in [5, 5.41) is 25.3. The minimum absolute atomic E-state index is 0.00732. The fraction of sp³-hybridized carbons (Fsp3) is 0.333. The molecule has 57 heavy (non-hydrogen) atoms. The van der Waals surface area contributed by atoms with Crippen LogP contribution in [0, 0.1) is 5.92 Å². The van der Waals surface area contributed by atoms with E-state index in [2.05, 4.69) is 61.8 Å². The lowest BCUT2D eigenvalue weighted by molar-refractivity contribution is -0.127. The van der Waals surface area contributed by atoms with Gasteiger partial charge in [0.05, 0.1) is 30.0 Å². The topological polar surface area (TPSA) is 321 Å². The van der Waals surface area contributed by atoms with Crippen LogP contribution in [0.15, 0.2) is 48.7 Å². The second-order valence-electron chi connectivity index (χ2n) is 13.5. The second-order valence-corrected chi connectivity index (χ2v) is 13.5. The van der Waals surface area contributed by atoms with Gasteiger partial charge in [0.2, 0.25) is 30.0 Å². The smallest absolute Gasteiger partial charge is 0.260 e. The Hall–Kier alpha value is -7.16. The third kappa shape index (κ3) is 10.3. The molecule has 0 fully saturated rings. The van der Waals surface area contributed by atoms with E-state index in [1.807, 2.05) is 0 Å². The minimum Gasteiger partial charge on any atom is -0.382 e. The number of aromatic amines is 1. The van der Waals surface area contributed by atoms with Gasteiger partial charge in [-0.15, -0.1) is 10.2 Å². The summed E-state index contributed by atoms with van der Waals surface area (Å²) in [6, 6.07) is 9.05. The van der Waals surface area contributed by atoms with Crippen molar-refractivity contribution in [2.24, 2.45) is 11.7 Å². The van der Waals surface area contributed by atoms with Gasteiger partial charge >= 0.3 is 0 Å². The van der Waals surface area contributed by atoms with Crippen LogP contribution in [0.1, 0.15) is 66.9 Å². The Bertz CT molecular complexity index is 2230. The molecule has 3 atom stereocenters. The van der Waals surface area contributed by atoms with Crippen molar-refractivity contribution in [3.8, 4) is 11.4 Å². The van der Waals surface area contributed by atoms with Crippen LogP contribution in [0.4, 0.5) is 23.1 Å². The Balaban J connectivity index is 1.12. The zero-order valence-corrected chi connectivity index (χ0v) is 31.7. The Morgan fingerprint density at radius 2 is 1.68 bits per heavy atom. The van der Waals surface area contributed by atoms with Crippen LogP contribution in [0.2, 0.25) is 0 Å². The summed E-state index contributed by atoms with van der Waals surface area (Å²) in [4.78, 5) is 81.5. The largest absolute Gasteiger partial charge is 0.382 e. The molecule has 0 aliphatic carbocycles. The first-order valence-electron chi connectivity index (χ1n) is 17.9. The molecule has 5 aromatic rings. The number of H-pyrrole nitrogens is 1. The van der Waals surface area contributed by atoms with Crippen LogP contribution < -0.4 is 38.5 Å². The Kier molecular flexibility index (Phi) is 13.3. The molecule has 5 rings (SSSR count). The maximum atomic E-state index is 13.3. The highest BCUT2D eigenvalue weighted by molar-refractivity contribution is 6.03. The lowest BCUT2D eigenvalue weighted by atomic mass is 10.0. The number of benzene rings is 2. The van der Waals surface area contributed by atoms with Crippen molar-refractivity contribution in [3.63, 3.8) is 0 Å². The Morgan fingerprint density at radius 3 is 2.37 bits per heavy atom. The molecule has 0 spiro atoms.